The lowest BCUT2D eigenvalue weighted by Gasteiger charge is -2.00. The number of H-pyrrole nitrogens is 1. The Morgan fingerprint density at radius 1 is 1.61 bits per heavy atom. The van der Waals surface area contributed by atoms with E-state index in [0.717, 1.165) is 12.8 Å². The lowest BCUT2D eigenvalue weighted by Crippen LogP contribution is -2.12. The summed E-state index contributed by atoms with van der Waals surface area (Å²) in [4.78, 5) is 17.0. The van der Waals surface area contributed by atoms with E-state index in [-0.39, 0.29) is 5.91 Å². The van der Waals surface area contributed by atoms with Crippen LogP contribution >= 0.6 is 23.1 Å². The number of aromatic nitrogens is 3. The van der Waals surface area contributed by atoms with Crippen molar-refractivity contribution in [3.05, 3.63) is 22.4 Å². The van der Waals surface area contributed by atoms with Crippen LogP contribution in [0.15, 0.2) is 22.7 Å². The predicted molar refractivity (Wildman–Crippen MR) is 74.1 cm³/mol. The zero-order valence-electron chi connectivity index (χ0n) is 9.97. The van der Waals surface area contributed by atoms with Crippen LogP contribution in [-0.2, 0) is 11.2 Å². The molecule has 0 aliphatic carbocycles. The van der Waals surface area contributed by atoms with Crippen molar-refractivity contribution in [1.82, 2.24) is 15.2 Å². The molecule has 0 aliphatic heterocycles. The fourth-order valence-corrected chi connectivity index (χ4v) is 2.54. The number of anilines is 1. The lowest BCUT2D eigenvalue weighted by molar-refractivity contribution is -0.116. The van der Waals surface area contributed by atoms with Crippen molar-refractivity contribution < 1.29 is 4.79 Å². The first-order chi connectivity index (χ1) is 8.78. The average Bonchev–Trinajstić information content (AvgIpc) is 3.00. The van der Waals surface area contributed by atoms with E-state index in [1.54, 1.807) is 11.3 Å². The summed E-state index contributed by atoms with van der Waals surface area (Å²) in [5.41, 5.74) is 0. The Kier molecular flexibility index (Phi) is 4.77. The number of amides is 1. The van der Waals surface area contributed by atoms with E-state index in [4.69, 9.17) is 0 Å². The van der Waals surface area contributed by atoms with E-state index in [1.807, 2.05) is 17.7 Å². The number of nitrogens with one attached hydrogen (secondary N) is 2. The Balaban J connectivity index is 1.71. The Bertz CT molecular complexity index is 495. The molecule has 0 bridgehead atoms. The van der Waals surface area contributed by atoms with E-state index < -0.39 is 0 Å². The monoisotopic (exact) mass is 282 g/mol. The number of carbonyl (C=O) groups excluding carboxylic acids is 1. The van der Waals surface area contributed by atoms with Gasteiger partial charge in [-0.3, -0.25) is 10.1 Å². The molecule has 0 unspecified atom stereocenters. The number of carbonyl (C=O) groups is 1. The van der Waals surface area contributed by atoms with Crippen molar-refractivity contribution >= 4 is 35.0 Å². The standard InChI is InChI=1S/C11H14N4OS2/c1-17-11-13-10(14-15-11)12-9(16)6-2-4-8-5-3-7-18-8/h3,5,7H,2,4,6H2,1H3,(H2,12,13,14,15,16). The number of thiophene rings is 1. The molecule has 18 heavy (non-hydrogen) atoms. The minimum Gasteiger partial charge on any atom is -0.295 e. The summed E-state index contributed by atoms with van der Waals surface area (Å²) in [7, 11) is 0. The molecule has 0 saturated heterocycles. The molecule has 0 aliphatic rings. The van der Waals surface area contributed by atoms with Gasteiger partial charge in [0.2, 0.25) is 17.0 Å². The predicted octanol–water partition coefficient (Wildman–Crippen LogP) is 2.55. The SMILES string of the molecule is CSc1n[nH]c(NC(=O)CCCc2cccs2)n1. The number of hydrogen-bond acceptors (Lipinski definition) is 5. The van der Waals surface area contributed by atoms with Gasteiger partial charge in [0.25, 0.3) is 0 Å². The number of nitrogens with zero attached hydrogens (tertiary/aromatic N) is 2. The van der Waals surface area contributed by atoms with E-state index >= 15 is 0 Å². The first-order valence-corrected chi connectivity index (χ1v) is 7.67. The highest BCUT2D eigenvalue weighted by Gasteiger charge is 2.06. The summed E-state index contributed by atoms with van der Waals surface area (Å²) >= 11 is 3.15. The van der Waals surface area contributed by atoms with Crippen LogP contribution in [0.4, 0.5) is 5.95 Å². The Morgan fingerprint density at radius 3 is 3.17 bits per heavy atom. The zero-order valence-corrected chi connectivity index (χ0v) is 11.6. The fraction of sp³-hybridized carbons (Fsp3) is 0.364. The van der Waals surface area contributed by atoms with E-state index in [0.29, 0.717) is 17.5 Å². The van der Waals surface area contributed by atoms with Gasteiger partial charge in [0.1, 0.15) is 0 Å². The second-order valence-corrected chi connectivity index (χ2v) is 5.46. The van der Waals surface area contributed by atoms with E-state index in [2.05, 4.69) is 26.6 Å². The molecule has 0 saturated carbocycles. The van der Waals surface area contributed by atoms with Gasteiger partial charge in [0.05, 0.1) is 0 Å². The maximum atomic E-state index is 11.6. The van der Waals surface area contributed by atoms with Crippen molar-refractivity contribution in [2.24, 2.45) is 0 Å². The molecule has 2 N–H and O–H groups in total. The van der Waals surface area contributed by atoms with Crippen LogP contribution in [-0.4, -0.2) is 27.3 Å². The van der Waals surface area contributed by atoms with Crippen molar-refractivity contribution in [2.45, 2.75) is 24.4 Å². The molecule has 0 atom stereocenters. The van der Waals surface area contributed by atoms with Crippen LogP contribution in [0.2, 0.25) is 0 Å². The van der Waals surface area contributed by atoms with Crippen LogP contribution in [0, 0.1) is 0 Å². The van der Waals surface area contributed by atoms with Gasteiger partial charge in [0.15, 0.2) is 0 Å². The normalized spacial score (nSPS) is 10.5. The highest BCUT2D eigenvalue weighted by Crippen LogP contribution is 2.13. The summed E-state index contributed by atoms with van der Waals surface area (Å²) in [6.07, 6.45) is 4.16. The van der Waals surface area contributed by atoms with Gasteiger partial charge in [0, 0.05) is 11.3 Å². The Morgan fingerprint density at radius 2 is 2.50 bits per heavy atom. The minimum absolute atomic E-state index is 0.0321. The van der Waals surface area contributed by atoms with Gasteiger partial charge in [-0.2, -0.15) is 4.98 Å². The van der Waals surface area contributed by atoms with E-state index in [9.17, 15) is 4.79 Å². The van der Waals surface area contributed by atoms with Gasteiger partial charge in [-0.1, -0.05) is 17.8 Å². The minimum atomic E-state index is -0.0321. The molecule has 2 heterocycles. The number of aromatic amines is 1. The summed E-state index contributed by atoms with van der Waals surface area (Å²) < 4.78 is 0. The van der Waals surface area contributed by atoms with Gasteiger partial charge in [-0.25, -0.2) is 5.10 Å². The van der Waals surface area contributed by atoms with Crippen LogP contribution < -0.4 is 5.32 Å². The van der Waals surface area contributed by atoms with Crippen LogP contribution in [0.25, 0.3) is 0 Å². The van der Waals surface area contributed by atoms with Crippen molar-refractivity contribution in [3.63, 3.8) is 0 Å². The van der Waals surface area contributed by atoms with Gasteiger partial charge in [-0.15, -0.1) is 16.4 Å². The zero-order chi connectivity index (χ0) is 12.8. The Labute approximate surface area is 113 Å². The van der Waals surface area contributed by atoms with Gasteiger partial charge < -0.3 is 0 Å². The second kappa shape index (κ2) is 6.55. The van der Waals surface area contributed by atoms with Crippen molar-refractivity contribution in [2.75, 3.05) is 11.6 Å². The molecule has 0 spiro atoms. The summed E-state index contributed by atoms with van der Waals surface area (Å²) in [6.45, 7) is 0. The van der Waals surface area contributed by atoms with E-state index in [1.165, 1.54) is 16.6 Å². The third kappa shape index (κ3) is 3.85. The number of hydrogen-bond donors (Lipinski definition) is 2. The third-order valence-corrected chi connectivity index (χ3v) is 3.80. The first-order valence-electron chi connectivity index (χ1n) is 5.56. The number of aryl methyl sites for hydroxylation is 1. The highest BCUT2D eigenvalue weighted by molar-refractivity contribution is 7.98. The van der Waals surface area contributed by atoms with Crippen LogP contribution in [0.1, 0.15) is 17.7 Å². The summed E-state index contributed by atoms with van der Waals surface area (Å²) in [6, 6.07) is 4.11. The maximum Gasteiger partial charge on any atom is 0.226 e. The molecular weight excluding hydrogens is 268 g/mol. The number of thioether (sulfide) groups is 1. The molecule has 96 valence electrons. The molecule has 2 rings (SSSR count). The lowest BCUT2D eigenvalue weighted by atomic mass is 10.2. The molecule has 7 heteroatoms. The quantitative estimate of drug-likeness (QED) is 0.799. The molecule has 0 radical (unpaired) electrons. The maximum absolute atomic E-state index is 11.6. The van der Waals surface area contributed by atoms with Crippen LogP contribution in [0.5, 0.6) is 0 Å². The molecule has 0 fully saturated rings. The number of rotatable bonds is 6. The molecule has 1 amide bonds. The van der Waals surface area contributed by atoms with Crippen molar-refractivity contribution in [1.29, 1.82) is 0 Å². The first kappa shape index (κ1) is 13.1. The summed E-state index contributed by atoms with van der Waals surface area (Å²) in [5, 5.41) is 12.0. The average molecular weight is 282 g/mol. The Hall–Kier alpha value is -1.34. The topological polar surface area (TPSA) is 70.7 Å². The highest BCUT2D eigenvalue weighted by atomic mass is 32.2. The molecule has 0 aromatic carbocycles. The molecule has 2 aromatic heterocycles. The smallest absolute Gasteiger partial charge is 0.226 e. The molecular formula is C11H14N4OS2. The van der Waals surface area contributed by atoms with Gasteiger partial charge >= 0.3 is 0 Å². The molecule has 2 aromatic rings. The van der Waals surface area contributed by atoms with Crippen molar-refractivity contribution in [3.8, 4) is 0 Å². The van der Waals surface area contributed by atoms with Gasteiger partial charge in [-0.05, 0) is 30.5 Å². The second-order valence-electron chi connectivity index (χ2n) is 3.65. The third-order valence-electron chi connectivity index (χ3n) is 2.31. The summed E-state index contributed by atoms with van der Waals surface area (Å²) in [5.74, 6) is 0.385. The fourth-order valence-electron chi connectivity index (χ4n) is 1.47. The molecule has 5 nitrogen and oxygen atoms in total. The van der Waals surface area contributed by atoms with Crippen LogP contribution in [0.3, 0.4) is 0 Å². The largest absolute Gasteiger partial charge is 0.295 e.